The number of hydrogen-bond acceptors (Lipinski definition) is 4. The minimum absolute atomic E-state index is 0.00471. The molecule has 0 radical (unpaired) electrons. The van der Waals surface area contributed by atoms with Crippen molar-refractivity contribution < 1.29 is 27.6 Å². The molecule has 0 saturated heterocycles. The normalized spacial score (nSPS) is 12.1. The van der Waals surface area contributed by atoms with Gasteiger partial charge in [0.15, 0.2) is 0 Å². The molecule has 3 amide bonds. The Morgan fingerprint density at radius 3 is 2.08 bits per heavy atom. The number of halogens is 4. The average molecular weight is 700 g/mol. The van der Waals surface area contributed by atoms with Crippen molar-refractivity contribution in [3.05, 3.63) is 155 Å². The highest BCUT2D eigenvalue weighted by atomic mass is 35.5. The summed E-state index contributed by atoms with van der Waals surface area (Å²) in [6, 6.07) is 35.3. The first kappa shape index (κ1) is 35.0. The predicted octanol–water partition coefficient (Wildman–Crippen LogP) is 9.55. The van der Waals surface area contributed by atoms with E-state index in [0.717, 1.165) is 41.1 Å². The van der Waals surface area contributed by atoms with E-state index >= 15 is 0 Å². The monoisotopic (exact) mass is 699 g/mol. The van der Waals surface area contributed by atoms with Crippen LogP contribution in [0.5, 0.6) is 0 Å². The molecule has 0 saturated carbocycles. The highest BCUT2D eigenvalue weighted by molar-refractivity contribution is 8.00. The minimum atomic E-state index is -4.60. The van der Waals surface area contributed by atoms with Gasteiger partial charge in [0.2, 0.25) is 5.91 Å². The van der Waals surface area contributed by atoms with Crippen LogP contribution in [0.4, 0.5) is 24.5 Å². The summed E-state index contributed by atoms with van der Waals surface area (Å²) in [4.78, 5) is 40.1. The van der Waals surface area contributed by atoms with Crippen molar-refractivity contribution in [3.8, 4) is 11.1 Å². The number of carbonyl (C=O) groups is 3. The molecule has 0 fully saturated rings. The van der Waals surface area contributed by atoms with E-state index in [1.165, 1.54) is 0 Å². The Morgan fingerprint density at radius 1 is 0.755 bits per heavy atom. The number of amides is 3. The number of rotatable bonds is 10. The lowest BCUT2D eigenvalue weighted by molar-refractivity contribution is -0.137. The molecule has 0 spiro atoms. The molecule has 0 heterocycles. The maximum absolute atomic E-state index is 13.6. The van der Waals surface area contributed by atoms with Crippen LogP contribution in [0.15, 0.2) is 138 Å². The number of nitrogens with one attached hydrogen (secondary N) is 3. The molecule has 0 aliphatic heterocycles. The van der Waals surface area contributed by atoms with E-state index in [1.54, 1.807) is 67.6 Å². The molecule has 0 aromatic heterocycles. The molecule has 6 nitrogen and oxygen atoms in total. The fourth-order valence-corrected chi connectivity index (χ4v) is 5.74. The molecule has 5 rings (SSSR count). The van der Waals surface area contributed by atoms with Gasteiger partial charge >= 0.3 is 6.18 Å². The number of thioether (sulfide) groups is 1. The van der Waals surface area contributed by atoms with Crippen LogP contribution in [-0.2, 0) is 15.8 Å². The number of anilines is 2. The number of hydrogen-bond donors (Lipinski definition) is 3. The Morgan fingerprint density at radius 2 is 1.41 bits per heavy atom. The second-order valence-corrected chi connectivity index (χ2v) is 12.6. The standard InChI is InChI=1S/C38H29ClF3N3O3S/c1-24(35(46)44-33-22-29(38(40,41)42)19-20-32(33)39)49-31-14-8-13-30(23-31)43-37(48)34(45-36(47)28-11-6-3-7-12-28)21-25-15-17-27(18-16-25)26-9-4-2-5-10-26/h2-24H,1H3,(H,43,48)(H,44,46)(H,45,47)/b34-21+. The van der Waals surface area contributed by atoms with Gasteiger partial charge in [-0.25, -0.2) is 0 Å². The summed E-state index contributed by atoms with van der Waals surface area (Å²) in [6.45, 7) is 1.59. The fraction of sp³-hybridized carbons (Fsp3) is 0.0789. The van der Waals surface area contributed by atoms with Gasteiger partial charge in [0.05, 0.1) is 21.5 Å². The molecular formula is C38H29ClF3N3O3S. The zero-order valence-electron chi connectivity index (χ0n) is 25.9. The van der Waals surface area contributed by atoms with Crippen molar-refractivity contribution in [3.63, 3.8) is 0 Å². The summed E-state index contributed by atoms with van der Waals surface area (Å²) < 4.78 is 39.5. The summed E-state index contributed by atoms with van der Waals surface area (Å²) in [7, 11) is 0. The third-order valence-electron chi connectivity index (χ3n) is 7.18. The van der Waals surface area contributed by atoms with E-state index in [0.29, 0.717) is 21.7 Å². The molecular weight excluding hydrogens is 671 g/mol. The molecule has 0 aliphatic rings. The van der Waals surface area contributed by atoms with E-state index in [-0.39, 0.29) is 16.4 Å². The van der Waals surface area contributed by atoms with Crippen LogP contribution in [0.2, 0.25) is 5.02 Å². The maximum atomic E-state index is 13.6. The summed E-state index contributed by atoms with van der Waals surface area (Å²) in [6.07, 6.45) is -3.02. The van der Waals surface area contributed by atoms with E-state index in [2.05, 4.69) is 16.0 Å². The van der Waals surface area contributed by atoms with Crippen LogP contribution >= 0.6 is 23.4 Å². The lowest BCUT2D eigenvalue weighted by Gasteiger charge is -2.15. The van der Waals surface area contributed by atoms with Crippen LogP contribution < -0.4 is 16.0 Å². The zero-order valence-corrected chi connectivity index (χ0v) is 27.5. The third-order valence-corrected chi connectivity index (χ3v) is 8.61. The Hall–Kier alpha value is -5.32. The first-order chi connectivity index (χ1) is 23.5. The minimum Gasteiger partial charge on any atom is -0.324 e. The Kier molecular flexibility index (Phi) is 11.2. The Balaban J connectivity index is 1.31. The molecule has 1 unspecified atom stereocenters. The zero-order chi connectivity index (χ0) is 35.0. The average Bonchev–Trinajstić information content (AvgIpc) is 3.09. The van der Waals surface area contributed by atoms with Crippen molar-refractivity contribution in [1.82, 2.24) is 5.32 Å². The van der Waals surface area contributed by atoms with Crippen molar-refractivity contribution in [2.45, 2.75) is 23.2 Å². The van der Waals surface area contributed by atoms with Crippen LogP contribution in [0.3, 0.4) is 0 Å². The van der Waals surface area contributed by atoms with Crippen LogP contribution in [-0.4, -0.2) is 23.0 Å². The summed E-state index contributed by atoms with van der Waals surface area (Å²) in [5, 5.41) is 7.22. The smallest absolute Gasteiger partial charge is 0.324 e. The quantitative estimate of drug-likeness (QED) is 0.100. The fourth-order valence-electron chi connectivity index (χ4n) is 4.65. The van der Waals surface area contributed by atoms with Gasteiger partial charge < -0.3 is 16.0 Å². The lowest BCUT2D eigenvalue weighted by Crippen LogP contribution is -2.30. The van der Waals surface area contributed by atoms with E-state index < -0.39 is 34.7 Å². The van der Waals surface area contributed by atoms with Gasteiger partial charge in [-0.15, -0.1) is 11.8 Å². The molecule has 248 valence electrons. The number of benzene rings is 5. The molecule has 1 atom stereocenters. The molecule has 3 N–H and O–H groups in total. The predicted molar refractivity (Wildman–Crippen MR) is 189 cm³/mol. The first-order valence-corrected chi connectivity index (χ1v) is 16.2. The van der Waals surface area contributed by atoms with Gasteiger partial charge in [-0.2, -0.15) is 13.2 Å². The lowest BCUT2D eigenvalue weighted by atomic mass is 10.0. The van der Waals surface area contributed by atoms with Crippen molar-refractivity contribution in [1.29, 1.82) is 0 Å². The van der Waals surface area contributed by atoms with Crippen molar-refractivity contribution in [2.24, 2.45) is 0 Å². The van der Waals surface area contributed by atoms with E-state index in [1.807, 2.05) is 54.6 Å². The molecule has 49 heavy (non-hydrogen) atoms. The van der Waals surface area contributed by atoms with Gasteiger partial charge in [0, 0.05) is 16.1 Å². The van der Waals surface area contributed by atoms with E-state index in [9.17, 15) is 27.6 Å². The van der Waals surface area contributed by atoms with Gasteiger partial charge in [-0.3, -0.25) is 14.4 Å². The largest absolute Gasteiger partial charge is 0.416 e. The second kappa shape index (κ2) is 15.7. The molecule has 0 aliphatic carbocycles. The Bertz CT molecular complexity index is 1990. The van der Waals surface area contributed by atoms with Gasteiger partial charge in [0.25, 0.3) is 11.8 Å². The van der Waals surface area contributed by atoms with Crippen molar-refractivity contribution in [2.75, 3.05) is 10.6 Å². The first-order valence-electron chi connectivity index (χ1n) is 15.0. The molecule has 5 aromatic carbocycles. The second-order valence-electron chi connectivity index (χ2n) is 10.8. The van der Waals surface area contributed by atoms with Crippen LogP contribution in [0, 0.1) is 0 Å². The highest BCUT2D eigenvalue weighted by Crippen LogP contribution is 2.34. The van der Waals surface area contributed by atoms with E-state index in [4.69, 9.17) is 11.6 Å². The molecule has 5 aromatic rings. The third kappa shape index (κ3) is 9.62. The van der Waals surface area contributed by atoms with Gasteiger partial charge in [-0.1, -0.05) is 90.5 Å². The summed E-state index contributed by atoms with van der Waals surface area (Å²) in [5.74, 6) is -1.61. The Labute approximate surface area is 290 Å². The summed E-state index contributed by atoms with van der Waals surface area (Å²) in [5.41, 5.74) is 2.40. The van der Waals surface area contributed by atoms with Gasteiger partial charge in [-0.05, 0) is 78.2 Å². The SMILES string of the molecule is CC(Sc1cccc(NC(=O)/C(=C\c2ccc(-c3ccccc3)cc2)NC(=O)c2ccccc2)c1)C(=O)Nc1cc(C(F)(F)F)ccc1Cl. The number of alkyl halides is 3. The van der Waals surface area contributed by atoms with Crippen LogP contribution in [0.1, 0.15) is 28.4 Å². The molecule has 0 bridgehead atoms. The van der Waals surface area contributed by atoms with Crippen molar-refractivity contribution >= 4 is 58.5 Å². The summed E-state index contributed by atoms with van der Waals surface area (Å²) >= 11 is 7.17. The number of carbonyl (C=O) groups excluding carboxylic acids is 3. The topological polar surface area (TPSA) is 87.3 Å². The maximum Gasteiger partial charge on any atom is 0.416 e. The highest BCUT2D eigenvalue weighted by Gasteiger charge is 2.31. The van der Waals surface area contributed by atoms with Crippen LogP contribution in [0.25, 0.3) is 17.2 Å². The van der Waals surface area contributed by atoms with Gasteiger partial charge in [0.1, 0.15) is 5.70 Å². The molecule has 11 heteroatoms.